The molecule has 2 rings (SSSR count). The van der Waals surface area contributed by atoms with Gasteiger partial charge in [-0.15, -0.1) is 0 Å². The molecule has 0 radical (unpaired) electrons. The lowest BCUT2D eigenvalue weighted by molar-refractivity contribution is 0.0139. The van der Waals surface area contributed by atoms with Crippen molar-refractivity contribution in [2.24, 2.45) is 5.92 Å². The number of nitrogens with one attached hydrogen (secondary N) is 1. The van der Waals surface area contributed by atoms with Crippen molar-refractivity contribution in [3.05, 3.63) is 35.8 Å². The van der Waals surface area contributed by atoms with E-state index in [1.807, 2.05) is 33.2 Å². The lowest BCUT2D eigenvalue weighted by Gasteiger charge is -2.27. The Morgan fingerprint density at radius 3 is 2.89 bits per heavy atom. The second-order valence-corrected chi connectivity index (χ2v) is 5.80. The fourth-order valence-electron chi connectivity index (χ4n) is 1.91. The van der Waals surface area contributed by atoms with E-state index >= 15 is 0 Å². The average Bonchev–Trinajstić information content (AvgIpc) is 2.71. The van der Waals surface area contributed by atoms with Crippen LogP contribution in [0.4, 0.5) is 0 Å². The molecule has 0 saturated carbocycles. The fraction of sp³-hybridized carbons (Fsp3) is 0.533. The molecule has 4 nitrogen and oxygen atoms in total. The zero-order chi connectivity index (χ0) is 14.0. The molecule has 2 N–H and O–H groups in total. The molecule has 0 aliphatic heterocycles. The predicted octanol–water partition coefficient (Wildman–Crippen LogP) is 2.14. The number of nitrogens with zero attached hydrogens (tertiary/aromatic N) is 2. The Kier molecular flexibility index (Phi) is 3.92. The molecular weight excluding hydrogens is 238 g/mol. The van der Waals surface area contributed by atoms with Gasteiger partial charge in [0.2, 0.25) is 0 Å². The van der Waals surface area contributed by atoms with Crippen LogP contribution in [0, 0.1) is 12.8 Å². The Morgan fingerprint density at radius 2 is 2.21 bits per heavy atom. The Balaban J connectivity index is 2.03. The molecule has 0 spiro atoms. The first-order valence-corrected chi connectivity index (χ1v) is 6.76. The summed E-state index contributed by atoms with van der Waals surface area (Å²) >= 11 is 0. The fourth-order valence-corrected chi connectivity index (χ4v) is 1.91. The first kappa shape index (κ1) is 14.0. The van der Waals surface area contributed by atoms with Crippen LogP contribution in [-0.2, 0) is 6.54 Å². The van der Waals surface area contributed by atoms with Gasteiger partial charge in [0.25, 0.3) is 0 Å². The minimum Gasteiger partial charge on any atom is -0.389 e. The van der Waals surface area contributed by atoms with E-state index in [1.54, 1.807) is 0 Å². The van der Waals surface area contributed by atoms with Gasteiger partial charge >= 0.3 is 0 Å². The van der Waals surface area contributed by atoms with E-state index in [0.29, 0.717) is 13.1 Å². The highest BCUT2D eigenvalue weighted by atomic mass is 16.3. The second-order valence-electron chi connectivity index (χ2n) is 5.80. The molecule has 2 heterocycles. The number of hydrogen-bond acceptors (Lipinski definition) is 3. The molecule has 1 unspecified atom stereocenters. The largest absolute Gasteiger partial charge is 0.389 e. The van der Waals surface area contributed by atoms with Crippen molar-refractivity contribution in [2.45, 2.75) is 39.8 Å². The maximum atomic E-state index is 10.2. The Hall–Kier alpha value is -1.39. The quantitative estimate of drug-likeness (QED) is 0.867. The third-order valence-electron chi connectivity index (χ3n) is 3.78. The lowest BCUT2D eigenvalue weighted by atomic mass is 9.92. The SMILES string of the molecule is Cc1ccn2c(CNCC(C)(O)C(C)C)cnc2c1. The number of imidazole rings is 1. The normalized spacial score (nSPS) is 15.1. The highest BCUT2D eigenvalue weighted by Crippen LogP contribution is 2.15. The highest BCUT2D eigenvalue weighted by Gasteiger charge is 2.24. The number of hydrogen-bond donors (Lipinski definition) is 2. The molecule has 2 aromatic rings. The van der Waals surface area contributed by atoms with Crippen molar-refractivity contribution in [1.82, 2.24) is 14.7 Å². The first-order valence-electron chi connectivity index (χ1n) is 6.76. The summed E-state index contributed by atoms with van der Waals surface area (Å²) in [6, 6.07) is 4.14. The molecule has 0 aromatic carbocycles. The van der Waals surface area contributed by atoms with E-state index in [0.717, 1.165) is 11.3 Å². The van der Waals surface area contributed by atoms with E-state index in [-0.39, 0.29) is 5.92 Å². The van der Waals surface area contributed by atoms with Gasteiger partial charge in [-0.3, -0.25) is 0 Å². The van der Waals surface area contributed by atoms with Crippen LogP contribution in [0.25, 0.3) is 5.65 Å². The van der Waals surface area contributed by atoms with Crippen LogP contribution in [0.5, 0.6) is 0 Å². The van der Waals surface area contributed by atoms with E-state index in [2.05, 4.69) is 33.8 Å². The van der Waals surface area contributed by atoms with Gasteiger partial charge in [0.05, 0.1) is 17.5 Å². The molecule has 1 atom stereocenters. The van der Waals surface area contributed by atoms with Crippen LogP contribution >= 0.6 is 0 Å². The third-order valence-corrected chi connectivity index (χ3v) is 3.78. The molecule has 0 fully saturated rings. The predicted molar refractivity (Wildman–Crippen MR) is 77.1 cm³/mol. The number of fused-ring (bicyclic) bond motifs is 1. The van der Waals surface area contributed by atoms with Crippen LogP contribution in [0.2, 0.25) is 0 Å². The Bertz CT molecular complexity index is 558. The van der Waals surface area contributed by atoms with Gasteiger partial charge < -0.3 is 14.8 Å². The smallest absolute Gasteiger partial charge is 0.137 e. The third kappa shape index (κ3) is 3.14. The number of aryl methyl sites for hydroxylation is 1. The average molecular weight is 261 g/mol. The minimum atomic E-state index is -0.683. The molecular formula is C15H23N3O. The molecule has 0 amide bonds. The summed E-state index contributed by atoms with van der Waals surface area (Å²) in [5, 5.41) is 13.5. The molecule has 0 saturated heterocycles. The number of aromatic nitrogens is 2. The maximum Gasteiger partial charge on any atom is 0.137 e. The van der Waals surface area contributed by atoms with Crippen LogP contribution < -0.4 is 5.32 Å². The first-order chi connectivity index (χ1) is 8.90. The van der Waals surface area contributed by atoms with Crippen LogP contribution in [0.3, 0.4) is 0 Å². The standard InChI is InChI=1S/C15H23N3O/c1-11(2)15(4,19)10-16-8-13-9-17-14-7-12(3)5-6-18(13)14/h5-7,9,11,16,19H,8,10H2,1-4H3. The molecule has 19 heavy (non-hydrogen) atoms. The van der Waals surface area contributed by atoms with Crippen LogP contribution in [0.15, 0.2) is 24.5 Å². The van der Waals surface area contributed by atoms with Gasteiger partial charge in [-0.25, -0.2) is 4.98 Å². The zero-order valence-corrected chi connectivity index (χ0v) is 12.1. The van der Waals surface area contributed by atoms with Crippen molar-refractivity contribution in [3.63, 3.8) is 0 Å². The van der Waals surface area contributed by atoms with E-state index < -0.39 is 5.60 Å². The van der Waals surface area contributed by atoms with E-state index in [4.69, 9.17) is 0 Å². The van der Waals surface area contributed by atoms with Crippen LogP contribution in [0.1, 0.15) is 32.0 Å². The van der Waals surface area contributed by atoms with Crippen molar-refractivity contribution in [3.8, 4) is 0 Å². The summed E-state index contributed by atoms with van der Waals surface area (Å²) in [4.78, 5) is 4.39. The minimum absolute atomic E-state index is 0.227. The van der Waals surface area contributed by atoms with Gasteiger partial charge in [-0.1, -0.05) is 13.8 Å². The zero-order valence-electron chi connectivity index (χ0n) is 12.1. The topological polar surface area (TPSA) is 49.6 Å². The second kappa shape index (κ2) is 5.31. The number of pyridine rings is 1. The summed E-state index contributed by atoms with van der Waals surface area (Å²) < 4.78 is 2.07. The lowest BCUT2D eigenvalue weighted by Crippen LogP contribution is -2.42. The summed E-state index contributed by atoms with van der Waals surface area (Å²) in [5.41, 5.74) is 2.60. The monoisotopic (exact) mass is 261 g/mol. The molecule has 2 aromatic heterocycles. The molecule has 0 aliphatic carbocycles. The van der Waals surface area contributed by atoms with Gasteiger partial charge in [0.15, 0.2) is 0 Å². The van der Waals surface area contributed by atoms with Gasteiger partial charge in [0, 0.05) is 19.3 Å². The molecule has 104 valence electrons. The van der Waals surface area contributed by atoms with Gasteiger partial charge in [-0.2, -0.15) is 0 Å². The van der Waals surface area contributed by atoms with Gasteiger partial charge in [0.1, 0.15) is 5.65 Å². The van der Waals surface area contributed by atoms with E-state index in [9.17, 15) is 5.11 Å². The highest BCUT2D eigenvalue weighted by molar-refractivity contribution is 5.42. The van der Waals surface area contributed by atoms with Crippen molar-refractivity contribution in [2.75, 3.05) is 6.54 Å². The molecule has 0 bridgehead atoms. The Labute approximate surface area is 114 Å². The molecule has 0 aliphatic rings. The summed E-state index contributed by atoms with van der Waals surface area (Å²) in [7, 11) is 0. The van der Waals surface area contributed by atoms with Crippen molar-refractivity contribution >= 4 is 5.65 Å². The summed E-state index contributed by atoms with van der Waals surface area (Å²) in [5.74, 6) is 0.227. The number of rotatable bonds is 5. The van der Waals surface area contributed by atoms with Crippen molar-refractivity contribution < 1.29 is 5.11 Å². The maximum absolute atomic E-state index is 10.2. The van der Waals surface area contributed by atoms with Crippen LogP contribution in [-0.4, -0.2) is 26.6 Å². The van der Waals surface area contributed by atoms with E-state index in [1.165, 1.54) is 5.56 Å². The summed E-state index contributed by atoms with van der Waals surface area (Å²) in [6.45, 7) is 9.25. The Morgan fingerprint density at radius 1 is 1.47 bits per heavy atom. The molecule has 4 heteroatoms. The number of aliphatic hydroxyl groups is 1. The van der Waals surface area contributed by atoms with Gasteiger partial charge in [-0.05, 0) is 37.5 Å². The summed E-state index contributed by atoms with van der Waals surface area (Å²) in [6.07, 6.45) is 3.92. The van der Waals surface area contributed by atoms with Crippen molar-refractivity contribution in [1.29, 1.82) is 0 Å².